The van der Waals surface area contributed by atoms with Crippen LogP contribution >= 0.6 is 23.1 Å². The first kappa shape index (κ1) is 12.5. The molecule has 0 atom stereocenters. The predicted molar refractivity (Wildman–Crippen MR) is 80.7 cm³/mol. The van der Waals surface area contributed by atoms with E-state index in [1.165, 1.54) is 6.07 Å². The van der Waals surface area contributed by atoms with E-state index in [2.05, 4.69) is 0 Å². The molecule has 0 fully saturated rings. The second-order valence-corrected chi connectivity index (χ2v) is 6.23. The van der Waals surface area contributed by atoms with Gasteiger partial charge in [0, 0.05) is 21.2 Å². The fourth-order valence-electron chi connectivity index (χ4n) is 2.14. The molecule has 0 saturated heterocycles. The molecule has 1 nitrogen and oxygen atoms in total. The van der Waals surface area contributed by atoms with E-state index in [1.807, 2.05) is 30.5 Å². The highest BCUT2D eigenvalue weighted by Gasteiger charge is 2.17. The van der Waals surface area contributed by atoms with Gasteiger partial charge in [-0.3, -0.25) is 0 Å². The largest absolute Gasteiger partial charge is 0.504 e. The third kappa shape index (κ3) is 2.01. The Kier molecular flexibility index (Phi) is 3.21. The molecule has 0 unspecified atom stereocenters. The van der Waals surface area contributed by atoms with E-state index in [9.17, 15) is 9.50 Å². The van der Waals surface area contributed by atoms with Crippen molar-refractivity contribution in [3.05, 3.63) is 48.3 Å². The van der Waals surface area contributed by atoms with Gasteiger partial charge in [-0.25, -0.2) is 4.39 Å². The number of para-hydroxylation sites is 1. The maximum Gasteiger partial charge on any atom is 0.165 e. The van der Waals surface area contributed by atoms with E-state index in [0.29, 0.717) is 5.56 Å². The topological polar surface area (TPSA) is 20.2 Å². The van der Waals surface area contributed by atoms with E-state index in [4.69, 9.17) is 0 Å². The number of hydrogen-bond acceptors (Lipinski definition) is 3. The van der Waals surface area contributed by atoms with Crippen molar-refractivity contribution in [1.29, 1.82) is 0 Å². The van der Waals surface area contributed by atoms with Gasteiger partial charge < -0.3 is 5.11 Å². The van der Waals surface area contributed by atoms with Crippen LogP contribution in [0, 0.1) is 5.82 Å². The second-order valence-electron chi connectivity index (χ2n) is 4.10. The Morgan fingerprint density at radius 3 is 2.68 bits per heavy atom. The number of hydrogen-bond donors (Lipinski definition) is 1. The van der Waals surface area contributed by atoms with Gasteiger partial charge >= 0.3 is 0 Å². The molecule has 0 bridgehead atoms. The minimum Gasteiger partial charge on any atom is -0.504 e. The van der Waals surface area contributed by atoms with Crippen LogP contribution in [0.3, 0.4) is 0 Å². The molecule has 2 aromatic carbocycles. The fraction of sp³-hybridized carbons (Fsp3) is 0.0667. The van der Waals surface area contributed by atoms with Gasteiger partial charge in [-0.15, -0.1) is 23.1 Å². The summed E-state index contributed by atoms with van der Waals surface area (Å²) < 4.78 is 15.8. The van der Waals surface area contributed by atoms with Crippen LogP contribution in [0.5, 0.6) is 5.75 Å². The molecule has 1 N–H and O–H groups in total. The second kappa shape index (κ2) is 4.87. The lowest BCUT2D eigenvalue weighted by atomic mass is 10.0. The highest BCUT2D eigenvalue weighted by Crippen LogP contribution is 2.46. The molecule has 0 radical (unpaired) electrons. The summed E-state index contributed by atoms with van der Waals surface area (Å²) in [6.07, 6.45) is 1.99. The zero-order valence-corrected chi connectivity index (χ0v) is 11.8. The Morgan fingerprint density at radius 1 is 1.11 bits per heavy atom. The van der Waals surface area contributed by atoms with Gasteiger partial charge in [-0.05, 0) is 18.4 Å². The van der Waals surface area contributed by atoms with Gasteiger partial charge in [0.15, 0.2) is 11.6 Å². The molecule has 0 spiro atoms. The number of aromatic hydroxyl groups is 1. The van der Waals surface area contributed by atoms with Crippen molar-refractivity contribution in [2.45, 2.75) is 4.21 Å². The Labute approximate surface area is 118 Å². The van der Waals surface area contributed by atoms with Gasteiger partial charge in [0.2, 0.25) is 0 Å². The van der Waals surface area contributed by atoms with E-state index in [-0.39, 0.29) is 5.75 Å². The van der Waals surface area contributed by atoms with Crippen molar-refractivity contribution >= 4 is 33.2 Å². The summed E-state index contributed by atoms with van der Waals surface area (Å²) in [5.41, 5.74) is 1.48. The molecule has 1 aromatic heterocycles. The molecule has 4 heteroatoms. The number of thioether (sulfide) groups is 1. The quantitative estimate of drug-likeness (QED) is 0.660. The van der Waals surface area contributed by atoms with Gasteiger partial charge in [-0.1, -0.05) is 30.3 Å². The molecule has 19 heavy (non-hydrogen) atoms. The number of phenols is 1. The zero-order valence-electron chi connectivity index (χ0n) is 10.2. The molecule has 3 aromatic rings. The molecule has 0 aliphatic heterocycles. The summed E-state index contributed by atoms with van der Waals surface area (Å²) in [4.78, 5) is 0. The van der Waals surface area contributed by atoms with Gasteiger partial charge in [0.1, 0.15) is 0 Å². The van der Waals surface area contributed by atoms with Crippen LogP contribution in [-0.4, -0.2) is 11.4 Å². The molecule has 96 valence electrons. The molecule has 0 aliphatic rings. The molecule has 0 aliphatic carbocycles. The van der Waals surface area contributed by atoms with Crippen LogP contribution in [0.25, 0.3) is 21.2 Å². The average molecular weight is 290 g/mol. The smallest absolute Gasteiger partial charge is 0.165 e. The Morgan fingerprint density at radius 2 is 1.89 bits per heavy atom. The maximum absolute atomic E-state index is 13.6. The molecule has 1 heterocycles. The fourth-order valence-corrected chi connectivity index (χ4v) is 4.11. The number of fused-ring (bicyclic) bond motifs is 1. The van der Waals surface area contributed by atoms with E-state index in [1.54, 1.807) is 35.2 Å². The number of phenolic OH excluding ortho intramolecular Hbond substituents is 1. The maximum atomic E-state index is 13.6. The van der Waals surface area contributed by atoms with Crippen molar-refractivity contribution in [2.75, 3.05) is 6.26 Å². The summed E-state index contributed by atoms with van der Waals surface area (Å²) in [5.74, 6) is -0.860. The minimum absolute atomic E-state index is 0.277. The van der Waals surface area contributed by atoms with Crippen molar-refractivity contribution in [1.82, 2.24) is 0 Å². The SMILES string of the molecule is CSc1sc2ccccc2c1-c1cccc(F)c1O. The molecule has 3 rings (SSSR count). The predicted octanol–water partition coefficient (Wildman–Crippen LogP) is 5.13. The van der Waals surface area contributed by atoms with Gasteiger partial charge in [0.25, 0.3) is 0 Å². The number of benzene rings is 2. The number of halogens is 1. The van der Waals surface area contributed by atoms with Crippen LogP contribution in [0.1, 0.15) is 0 Å². The first-order valence-corrected chi connectivity index (χ1v) is 7.80. The van der Waals surface area contributed by atoms with E-state index in [0.717, 1.165) is 19.9 Å². The van der Waals surface area contributed by atoms with Gasteiger partial charge in [-0.2, -0.15) is 0 Å². The first-order valence-electron chi connectivity index (χ1n) is 5.75. The van der Waals surface area contributed by atoms with Crippen molar-refractivity contribution in [3.8, 4) is 16.9 Å². The molecule has 0 amide bonds. The lowest BCUT2D eigenvalue weighted by molar-refractivity contribution is 0.434. The van der Waals surface area contributed by atoms with Gasteiger partial charge in [0.05, 0.1) is 4.21 Å². The highest BCUT2D eigenvalue weighted by molar-refractivity contribution is 8.00. The lowest BCUT2D eigenvalue weighted by Gasteiger charge is -2.06. The highest BCUT2D eigenvalue weighted by atomic mass is 32.2. The summed E-state index contributed by atoms with van der Waals surface area (Å²) >= 11 is 3.28. The first-order chi connectivity index (χ1) is 9.22. The lowest BCUT2D eigenvalue weighted by Crippen LogP contribution is -1.83. The van der Waals surface area contributed by atoms with Crippen molar-refractivity contribution < 1.29 is 9.50 Å². The van der Waals surface area contributed by atoms with Crippen LogP contribution < -0.4 is 0 Å². The van der Waals surface area contributed by atoms with Crippen LogP contribution in [0.2, 0.25) is 0 Å². The van der Waals surface area contributed by atoms with Crippen LogP contribution in [0.15, 0.2) is 46.7 Å². The summed E-state index contributed by atoms with van der Waals surface area (Å²) in [6.45, 7) is 0. The van der Waals surface area contributed by atoms with Crippen LogP contribution in [0.4, 0.5) is 4.39 Å². The van der Waals surface area contributed by atoms with Crippen molar-refractivity contribution in [3.63, 3.8) is 0 Å². The normalized spacial score (nSPS) is 11.1. The summed E-state index contributed by atoms with van der Waals surface area (Å²) in [5, 5.41) is 11.0. The zero-order chi connectivity index (χ0) is 13.4. The monoisotopic (exact) mass is 290 g/mol. The van der Waals surface area contributed by atoms with E-state index < -0.39 is 5.82 Å². The molecule has 0 saturated carbocycles. The average Bonchev–Trinajstić information content (AvgIpc) is 2.80. The van der Waals surface area contributed by atoms with Crippen molar-refractivity contribution in [2.24, 2.45) is 0 Å². The standard InChI is InChI=1S/C15H11FOS2/c1-18-15-13(9-5-2-3-8-12(9)19-15)10-6-4-7-11(16)14(10)17/h2-8,17H,1H3. The summed E-state index contributed by atoms with van der Waals surface area (Å²) in [6, 6.07) is 12.6. The van der Waals surface area contributed by atoms with E-state index >= 15 is 0 Å². The molecular formula is C15H11FOS2. The number of rotatable bonds is 2. The Balaban J connectivity index is 2.38. The number of thiophene rings is 1. The third-order valence-electron chi connectivity index (χ3n) is 3.00. The Bertz CT molecular complexity index is 749. The summed E-state index contributed by atoms with van der Waals surface area (Å²) in [7, 11) is 0. The Hall–Kier alpha value is -1.52. The molecular weight excluding hydrogens is 279 g/mol. The van der Waals surface area contributed by atoms with Crippen LogP contribution in [-0.2, 0) is 0 Å². The minimum atomic E-state index is -0.583. The third-order valence-corrected chi connectivity index (χ3v) is 5.30.